The van der Waals surface area contributed by atoms with E-state index in [2.05, 4.69) is 12.0 Å². The lowest BCUT2D eigenvalue weighted by atomic mass is 10.3. The van der Waals surface area contributed by atoms with Crippen LogP contribution in [0.5, 0.6) is 0 Å². The summed E-state index contributed by atoms with van der Waals surface area (Å²) >= 11 is 0. The summed E-state index contributed by atoms with van der Waals surface area (Å²) in [4.78, 5) is 13.4. The Balaban J connectivity index is 2.85. The van der Waals surface area contributed by atoms with Crippen molar-refractivity contribution in [3.05, 3.63) is 22.6 Å². The number of anilines is 1. The maximum Gasteiger partial charge on any atom is 0.268 e. The molecule has 4 nitrogen and oxygen atoms in total. The lowest BCUT2D eigenvalue weighted by molar-refractivity contribution is 0.542. The lowest BCUT2D eigenvalue weighted by Gasteiger charge is -2.12. The topological polar surface area (TPSA) is 38.1 Å². The van der Waals surface area contributed by atoms with E-state index in [9.17, 15) is 4.79 Å². The van der Waals surface area contributed by atoms with Gasteiger partial charge < -0.3 is 4.90 Å². The second-order valence-corrected chi connectivity index (χ2v) is 3.52. The van der Waals surface area contributed by atoms with Crippen LogP contribution >= 0.6 is 0 Å². The van der Waals surface area contributed by atoms with E-state index in [0.29, 0.717) is 6.54 Å². The van der Waals surface area contributed by atoms with Crippen LogP contribution in [0.3, 0.4) is 0 Å². The summed E-state index contributed by atoms with van der Waals surface area (Å²) in [5.74, 6) is 0. The zero-order valence-corrected chi connectivity index (χ0v) is 9.03. The Kier molecular flexibility index (Phi) is 3.68. The minimum absolute atomic E-state index is 0.0235. The summed E-state index contributed by atoms with van der Waals surface area (Å²) in [5, 5.41) is 4.10. The van der Waals surface area contributed by atoms with Gasteiger partial charge in [0.05, 0.1) is 11.9 Å². The first kappa shape index (κ1) is 10.8. The first-order valence-corrected chi connectivity index (χ1v) is 4.89. The van der Waals surface area contributed by atoms with E-state index in [1.807, 2.05) is 19.0 Å². The number of aryl methyl sites for hydroxylation is 1. The van der Waals surface area contributed by atoms with Gasteiger partial charge in [0.2, 0.25) is 0 Å². The molecule has 0 aromatic carbocycles. The average Bonchev–Trinajstić information content (AvgIpc) is 2.15. The second-order valence-electron chi connectivity index (χ2n) is 3.52. The molecule has 0 fully saturated rings. The van der Waals surface area contributed by atoms with Gasteiger partial charge in [-0.15, -0.1) is 0 Å². The predicted octanol–water partition coefficient (Wildman–Crippen LogP) is 1.11. The molecule has 0 unspecified atom stereocenters. The van der Waals surface area contributed by atoms with Gasteiger partial charge in [-0.25, -0.2) is 4.68 Å². The SMILES string of the molecule is CCCCn1ncc(N(C)C)cc1=O. The van der Waals surface area contributed by atoms with Crippen LogP contribution in [0.2, 0.25) is 0 Å². The summed E-state index contributed by atoms with van der Waals surface area (Å²) in [6, 6.07) is 1.61. The van der Waals surface area contributed by atoms with Crippen LogP contribution in [-0.2, 0) is 6.54 Å². The molecule has 0 bridgehead atoms. The van der Waals surface area contributed by atoms with Gasteiger partial charge in [-0.1, -0.05) is 13.3 Å². The molecule has 1 heterocycles. The molecule has 0 aliphatic heterocycles. The highest BCUT2D eigenvalue weighted by molar-refractivity contribution is 5.40. The molecule has 4 heteroatoms. The fraction of sp³-hybridized carbons (Fsp3) is 0.600. The molecule has 1 aromatic heterocycles. The molecule has 0 N–H and O–H groups in total. The van der Waals surface area contributed by atoms with E-state index in [0.717, 1.165) is 18.5 Å². The Labute approximate surface area is 84.2 Å². The van der Waals surface area contributed by atoms with E-state index in [1.165, 1.54) is 4.68 Å². The van der Waals surface area contributed by atoms with Crippen molar-refractivity contribution in [2.45, 2.75) is 26.3 Å². The van der Waals surface area contributed by atoms with E-state index in [1.54, 1.807) is 12.3 Å². The monoisotopic (exact) mass is 195 g/mol. The molecule has 0 saturated heterocycles. The van der Waals surface area contributed by atoms with Gasteiger partial charge in [-0.05, 0) is 6.42 Å². The van der Waals surface area contributed by atoms with Crippen LogP contribution in [0.25, 0.3) is 0 Å². The van der Waals surface area contributed by atoms with E-state index in [-0.39, 0.29) is 5.56 Å². The number of nitrogens with zero attached hydrogens (tertiary/aromatic N) is 3. The van der Waals surface area contributed by atoms with E-state index < -0.39 is 0 Å². The smallest absolute Gasteiger partial charge is 0.268 e. The number of aromatic nitrogens is 2. The molecule has 0 amide bonds. The third kappa shape index (κ3) is 2.58. The van der Waals surface area contributed by atoms with Crippen molar-refractivity contribution in [2.75, 3.05) is 19.0 Å². The third-order valence-electron chi connectivity index (χ3n) is 2.10. The van der Waals surface area contributed by atoms with Crippen molar-refractivity contribution >= 4 is 5.69 Å². The van der Waals surface area contributed by atoms with Crippen LogP contribution in [-0.4, -0.2) is 23.9 Å². The molecular weight excluding hydrogens is 178 g/mol. The summed E-state index contributed by atoms with van der Waals surface area (Å²) in [6.45, 7) is 2.81. The van der Waals surface area contributed by atoms with Crippen LogP contribution in [0.1, 0.15) is 19.8 Å². The van der Waals surface area contributed by atoms with Crippen LogP contribution in [0, 0.1) is 0 Å². The van der Waals surface area contributed by atoms with Crippen molar-refractivity contribution in [1.29, 1.82) is 0 Å². The predicted molar refractivity (Wildman–Crippen MR) is 57.7 cm³/mol. The molecule has 0 aliphatic rings. The van der Waals surface area contributed by atoms with Gasteiger partial charge in [0, 0.05) is 26.7 Å². The quantitative estimate of drug-likeness (QED) is 0.722. The number of hydrogen-bond acceptors (Lipinski definition) is 3. The first-order chi connectivity index (χ1) is 6.65. The zero-order valence-electron chi connectivity index (χ0n) is 9.03. The Morgan fingerprint density at radius 2 is 2.21 bits per heavy atom. The van der Waals surface area contributed by atoms with Crippen LogP contribution in [0.15, 0.2) is 17.1 Å². The van der Waals surface area contributed by atoms with Gasteiger partial charge in [-0.3, -0.25) is 4.79 Å². The molecule has 0 aliphatic carbocycles. The lowest BCUT2D eigenvalue weighted by Crippen LogP contribution is -2.24. The minimum Gasteiger partial charge on any atom is -0.376 e. The third-order valence-corrected chi connectivity index (χ3v) is 2.10. The van der Waals surface area contributed by atoms with E-state index >= 15 is 0 Å². The van der Waals surface area contributed by atoms with Crippen molar-refractivity contribution < 1.29 is 0 Å². The maximum absolute atomic E-state index is 11.5. The number of unbranched alkanes of at least 4 members (excludes halogenated alkanes) is 1. The normalized spacial score (nSPS) is 10.2. The van der Waals surface area contributed by atoms with Crippen LogP contribution in [0.4, 0.5) is 5.69 Å². The van der Waals surface area contributed by atoms with Crippen molar-refractivity contribution in [2.24, 2.45) is 0 Å². The fourth-order valence-electron chi connectivity index (χ4n) is 1.14. The second kappa shape index (κ2) is 4.79. The molecule has 0 atom stereocenters. The average molecular weight is 195 g/mol. The minimum atomic E-state index is -0.0235. The molecular formula is C10H17N3O. The first-order valence-electron chi connectivity index (χ1n) is 4.89. The van der Waals surface area contributed by atoms with Gasteiger partial charge in [0.15, 0.2) is 0 Å². The van der Waals surface area contributed by atoms with Crippen LogP contribution < -0.4 is 10.5 Å². The summed E-state index contributed by atoms with van der Waals surface area (Å²) in [7, 11) is 3.79. The highest BCUT2D eigenvalue weighted by Gasteiger charge is 2.00. The van der Waals surface area contributed by atoms with Gasteiger partial charge in [0.1, 0.15) is 0 Å². The Bertz CT molecular complexity index is 343. The Morgan fingerprint density at radius 3 is 2.71 bits per heavy atom. The van der Waals surface area contributed by atoms with Gasteiger partial charge >= 0.3 is 0 Å². The van der Waals surface area contributed by atoms with Gasteiger partial charge in [0.25, 0.3) is 5.56 Å². The van der Waals surface area contributed by atoms with Gasteiger partial charge in [-0.2, -0.15) is 5.10 Å². The summed E-state index contributed by atoms with van der Waals surface area (Å²) < 4.78 is 1.51. The van der Waals surface area contributed by atoms with Crippen molar-refractivity contribution in [3.8, 4) is 0 Å². The molecule has 0 spiro atoms. The highest BCUT2D eigenvalue weighted by Crippen LogP contribution is 2.03. The summed E-state index contributed by atoms with van der Waals surface area (Å²) in [6.07, 6.45) is 3.79. The standard InChI is InChI=1S/C10H17N3O/c1-4-5-6-13-10(14)7-9(8-11-13)12(2)3/h7-8H,4-6H2,1-3H3. The molecule has 1 rings (SSSR count). The zero-order chi connectivity index (χ0) is 10.6. The Morgan fingerprint density at radius 1 is 1.50 bits per heavy atom. The number of hydrogen-bond donors (Lipinski definition) is 0. The summed E-state index contributed by atoms with van der Waals surface area (Å²) in [5.41, 5.74) is 0.826. The largest absolute Gasteiger partial charge is 0.376 e. The van der Waals surface area contributed by atoms with Crippen molar-refractivity contribution in [1.82, 2.24) is 9.78 Å². The van der Waals surface area contributed by atoms with E-state index in [4.69, 9.17) is 0 Å². The fourth-order valence-corrected chi connectivity index (χ4v) is 1.14. The molecule has 78 valence electrons. The molecule has 1 aromatic rings. The molecule has 0 saturated carbocycles. The number of rotatable bonds is 4. The molecule has 14 heavy (non-hydrogen) atoms. The highest BCUT2D eigenvalue weighted by atomic mass is 16.1. The van der Waals surface area contributed by atoms with Crippen molar-refractivity contribution in [3.63, 3.8) is 0 Å². The molecule has 0 radical (unpaired) electrons. The Hall–Kier alpha value is -1.32. The maximum atomic E-state index is 11.5.